The van der Waals surface area contributed by atoms with Crippen LogP contribution in [0.15, 0.2) is 36.4 Å². The number of likely N-dealkylation sites (tertiary alicyclic amines) is 1. The number of H-pyrrole nitrogens is 2. The lowest BCUT2D eigenvalue weighted by Crippen LogP contribution is -2.46. The van der Waals surface area contributed by atoms with E-state index in [0.29, 0.717) is 0 Å². The van der Waals surface area contributed by atoms with E-state index in [4.69, 9.17) is 9.72 Å². The van der Waals surface area contributed by atoms with Crippen molar-refractivity contribution in [1.82, 2.24) is 25.1 Å². The Bertz CT molecular complexity index is 1230. The van der Waals surface area contributed by atoms with Gasteiger partial charge < -0.3 is 19.5 Å². The summed E-state index contributed by atoms with van der Waals surface area (Å²) in [6, 6.07) is 13.2. The molecule has 2 aliphatic rings. The minimum absolute atomic E-state index is 0.761. The van der Waals surface area contributed by atoms with Crippen LogP contribution in [0.1, 0.15) is 32.1 Å². The molecule has 2 fully saturated rings. The SMILES string of the molecule is COc1cccc2[nH]nc(-c3nc4ccc(N5CCC(N6CCCCC6)CC5)cc4[nH]3)c12. The van der Waals surface area contributed by atoms with E-state index >= 15 is 0 Å². The van der Waals surface area contributed by atoms with E-state index in [-0.39, 0.29) is 0 Å². The van der Waals surface area contributed by atoms with Crippen LogP contribution in [-0.4, -0.2) is 64.4 Å². The zero-order chi connectivity index (χ0) is 21.5. The number of ether oxygens (including phenoxy) is 1. The summed E-state index contributed by atoms with van der Waals surface area (Å²) in [5, 5.41) is 8.57. The van der Waals surface area contributed by atoms with E-state index in [0.717, 1.165) is 58.3 Å². The molecule has 2 aliphatic heterocycles. The van der Waals surface area contributed by atoms with Gasteiger partial charge in [0, 0.05) is 24.8 Å². The molecule has 6 rings (SSSR count). The summed E-state index contributed by atoms with van der Waals surface area (Å²) in [6.07, 6.45) is 6.66. The molecule has 2 aromatic carbocycles. The molecule has 0 spiro atoms. The van der Waals surface area contributed by atoms with Crippen molar-refractivity contribution in [1.29, 1.82) is 0 Å². The standard InChI is InChI=1S/C25H30N6O/c1-32-22-7-5-6-20-23(22)24(29-28-20)25-26-19-9-8-18(16-21(19)27-25)31-14-10-17(11-15-31)30-12-3-2-4-13-30/h5-9,16-17H,2-4,10-15H2,1H3,(H,26,27)(H,28,29). The molecular weight excluding hydrogens is 400 g/mol. The number of aromatic amines is 2. The number of piperidine rings is 2. The van der Waals surface area contributed by atoms with Gasteiger partial charge >= 0.3 is 0 Å². The second kappa shape index (κ2) is 8.13. The number of aromatic nitrogens is 4. The maximum absolute atomic E-state index is 5.56. The number of anilines is 1. The van der Waals surface area contributed by atoms with Crippen LogP contribution in [0.5, 0.6) is 5.75 Å². The van der Waals surface area contributed by atoms with Crippen molar-refractivity contribution in [3.63, 3.8) is 0 Å². The van der Waals surface area contributed by atoms with Crippen molar-refractivity contribution >= 4 is 27.6 Å². The molecule has 2 N–H and O–H groups in total. The van der Waals surface area contributed by atoms with Crippen LogP contribution >= 0.6 is 0 Å². The van der Waals surface area contributed by atoms with Gasteiger partial charge in [0.05, 0.1) is 29.0 Å². The zero-order valence-corrected chi connectivity index (χ0v) is 18.6. The third-order valence-electron chi connectivity index (χ3n) is 7.20. The number of benzene rings is 2. The predicted octanol–water partition coefficient (Wildman–Crippen LogP) is 4.57. The number of hydrogen-bond acceptors (Lipinski definition) is 5. The second-order valence-electron chi connectivity index (χ2n) is 9.06. The van der Waals surface area contributed by atoms with Crippen molar-refractivity contribution in [3.8, 4) is 17.3 Å². The maximum atomic E-state index is 5.56. The van der Waals surface area contributed by atoms with Crippen LogP contribution in [0.2, 0.25) is 0 Å². The van der Waals surface area contributed by atoms with E-state index in [1.54, 1.807) is 7.11 Å². The van der Waals surface area contributed by atoms with Crippen molar-refractivity contribution in [2.45, 2.75) is 38.1 Å². The Morgan fingerprint density at radius 2 is 1.81 bits per heavy atom. The largest absolute Gasteiger partial charge is 0.496 e. The van der Waals surface area contributed by atoms with E-state index < -0.39 is 0 Å². The molecule has 2 saturated heterocycles. The number of rotatable bonds is 4. The highest BCUT2D eigenvalue weighted by atomic mass is 16.5. The number of imidazole rings is 1. The van der Waals surface area contributed by atoms with Crippen LogP contribution in [0, 0.1) is 0 Å². The first-order valence-corrected chi connectivity index (χ1v) is 11.8. The first-order valence-electron chi connectivity index (χ1n) is 11.8. The molecule has 0 unspecified atom stereocenters. The Kier molecular flexibility index (Phi) is 4.98. The molecule has 0 aliphatic carbocycles. The van der Waals surface area contributed by atoms with Crippen LogP contribution < -0.4 is 9.64 Å². The lowest BCUT2D eigenvalue weighted by Gasteiger charge is -2.41. The van der Waals surface area contributed by atoms with Crippen LogP contribution in [0.4, 0.5) is 5.69 Å². The van der Waals surface area contributed by atoms with E-state index in [9.17, 15) is 0 Å². The topological polar surface area (TPSA) is 73.1 Å². The minimum atomic E-state index is 0.761. The van der Waals surface area contributed by atoms with Crippen LogP contribution in [0.3, 0.4) is 0 Å². The molecular formula is C25H30N6O. The van der Waals surface area contributed by atoms with Crippen LogP contribution in [-0.2, 0) is 0 Å². The summed E-state index contributed by atoms with van der Waals surface area (Å²) < 4.78 is 5.56. The number of nitrogens with one attached hydrogen (secondary N) is 2. The van der Waals surface area contributed by atoms with Crippen molar-refractivity contribution in [2.24, 2.45) is 0 Å². The number of nitrogens with zero attached hydrogens (tertiary/aromatic N) is 4. The summed E-state index contributed by atoms with van der Waals surface area (Å²) in [6.45, 7) is 4.82. The Hall–Kier alpha value is -3.06. The third-order valence-corrected chi connectivity index (χ3v) is 7.20. The Morgan fingerprint density at radius 1 is 0.969 bits per heavy atom. The smallest absolute Gasteiger partial charge is 0.159 e. The predicted molar refractivity (Wildman–Crippen MR) is 128 cm³/mol. The Labute approximate surface area is 187 Å². The molecule has 166 valence electrons. The average Bonchev–Trinajstić information content (AvgIpc) is 3.48. The minimum Gasteiger partial charge on any atom is -0.496 e. The summed E-state index contributed by atoms with van der Waals surface area (Å²) in [7, 11) is 1.69. The van der Waals surface area contributed by atoms with Crippen LogP contribution in [0.25, 0.3) is 33.5 Å². The Morgan fingerprint density at radius 3 is 2.62 bits per heavy atom. The van der Waals surface area contributed by atoms with Gasteiger partial charge in [0.15, 0.2) is 5.82 Å². The van der Waals surface area contributed by atoms with Gasteiger partial charge in [-0.2, -0.15) is 5.10 Å². The molecule has 0 bridgehead atoms. The molecule has 32 heavy (non-hydrogen) atoms. The van der Waals surface area contributed by atoms with Gasteiger partial charge in [-0.25, -0.2) is 4.98 Å². The monoisotopic (exact) mass is 430 g/mol. The molecule has 0 saturated carbocycles. The van der Waals surface area contributed by atoms with Crippen molar-refractivity contribution in [3.05, 3.63) is 36.4 Å². The zero-order valence-electron chi connectivity index (χ0n) is 18.6. The fraction of sp³-hybridized carbons (Fsp3) is 0.440. The molecule has 7 nitrogen and oxygen atoms in total. The lowest BCUT2D eigenvalue weighted by atomic mass is 9.99. The van der Waals surface area contributed by atoms with E-state index in [1.807, 2.05) is 18.2 Å². The molecule has 4 heterocycles. The molecule has 0 amide bonds. The van der Waals surface area contributed by atoms with Gasteiger partial charge in [-0.05, 0) is 69.1 Å². The first kappa shape index (κ1) is 19.6. The Balaban J connectivity index is 1.25. The molecule has 7 heteroatoms. The van der Waals surface area contributed by atoms with E-state index in [1.165, 1.54) is 50.9 Å². The van der Waals surface area contributed by atoms with Gasteiger partial charge in [-0.15, -0.1) is 0 Å². The van der Waals surface area contributed by atoms with Gasteiger partial charge in [0.2, 0.25) is 0 Å². The average molecular weight is 431 g/mol. The fourth-order valence-corrected chi connectivity index (χ4v) is 5.46. The van der Waals surface area contributed by atoms with Gasteiger partial charge in [0.1, 0.15) is 11.4 Å². The first-order chi connectivity index (χ1) is 15.8. The normalized spacial score (nSPS) is 18.6. The van der Waals surface area contributed by atoms with Gasteiger partial charge in [0.25, 0.3) is 0 Å². The van der Waals surface area contributed by atoms with E-state index in [2.05, 4.69) is 43.2 Å². The third kappa shape index (κ3) is 3.41. The molecule has 0 atom stereocenters. The van der Waals surface area contributed by atoms with Gasteiger partial charge in [-0.3, -0.25) is 5.10 Å². The highest BCUT2D eigenvalue weighted by Crippen LogP contribution is 2.34. The second-order valence-corrected chi connectivity index (χ2v) is 9.06. The highest BCUT2D eigenvalue weighted by Gasteiger charge is 2.26. The highest BCUT2D eigenvalue weighted by molar-refractivity contribution is 5.97. The number of fused-ring (bicyclic) bond motifs is 2. The number of methoxy groups -OCH3 is 1. The molecule has 4 aromatic rings. The summed E-state index contributed by atoms with van der Waals surface area (Å²) in [4.78, 5) is 13.6. The summed E-state index contributed by atoms with van der Waals surface area (Å²) >= 11 is 0. The molecule has 2 aromatic heterocycles. The van der Waals surface area contributed by atoms with Gasteiger partial charge in [-0.1, -0.05) is 12.5 Å². The van der Waals surface area contributed by atoms with Crippen molar-refractivity contribution in [2.75, 3.05) is 38.2 Å². The molecule has 0 radical (unpaired) electrons. The lowest BCUT2D eigenvalue weighted by molar-refractivity contribution is 0.141. The van der Waals surface area contributed by atoms with Crippen molar-refractivity contribution < 1.29 is 4.74 Å². The summed E-state index contributed by atoms with van der Waals surface area (Å²) in [5.74, 6) is 1.56. The number of hydrogen-bond donors (Lipinski definition) is 2. The quantitative estimate of drug-likeness (QED) is 0.496. The maximum Gasteiger partial charge on any atom is 0.159 e. The summed E-state index contributed by atoms with van der Waals surface area (Å²) in [5.41, 5.74) is 5.00. The fourth-order valence-electron chi connectivity index (χ4n) is 5.46.